The van der Waals surface area contributed by atoms with E-state index in [-0.39, 0.29) is 0 Å². The first-order chi connectivity index (χ1) is 3.46. The standard InChI is InChI=1S/12B.U. The molecular weight excluding hydrogens is 368 g/mol. The second-order valence-corrected chi connectivity index (χ2v) is 103. The predicted molar refractivity (Wildman–Crippen MR) is 69.0 cm³/mol. The van der Waals surface area contributed by atoms with Crippen molar-refractivity contribution >= 4 is 47.9 Å². The summed E-state index contributed by atoms with van der Waals surface area (Å²) >= 11 is 0. The topological polar surface area (TPSA) is 0 Å². The van der Waals surface area contributed by atoms with Gasteiger partial charge in [0.15, 0.2) is 0 Å². The fourth-order valence-corrected chi connectivity index (χ4v) is 0. The van der Waals surface area contributed by atoms with E-state index in [9.17, 15) is 0 Å². The van der Waals surface area contributed by atoms with Gasteiger partial charge in [-0.25, -0.2) is 0 Å². The molecule has 0 saturated carbocycles. The van der Waals surface area contributed by atoms with E-state index in [1.165, 1.54) is 0 Å². The zero-order valence-electron chi connectivity index (χ0n) is 7.43. The normalized spacial score (nSPS) is 48.0. The van der Waals surface area contributed by atoms with Crippen molar-refractivity contribution in [1.82, 2.24) is 0 Å². The van der Waals surface area contributed by atoms with Gasteiger partial charge in [-0.15, -0.1) is 0 Å². The van der Waals surface area contributed by atoms with Crippen LogP contribution in [-0.4, -0.2) is 47.9 Å². The molecule has 0 saturated heterocycles. The van der Waals surface area contributed by atoms with Crippen LogP contribution in [0, 0.1) is -1.27 Å². The second-order valence-electron chi connectivity index (χ2n) is 11.0. The molecule has 13 heteroatoms. The Kier molecular flexibility index (Phi) is 0.565. The van der Waals surface area contributed by atoms with Gasteiger partial charge in [0.2, 0.25) is 0 Å². The molecule has 0 spiro atoms. The van der Waals surface area contributed by atoms with Crippen LogP contribution in [0.1, 0.15) is 0 Å². The third-order valence-electron chi connectivity index (χ3n) is 0. The van der Waals surface area contributed by atoms with Crippen LogP contribution < -0.4 is 0 Å². The fraction of sp³-hybridized carbons (Fsp3) is 0. The first-order valence-corrected chi connectivity index (χ1v) is 32.3. The maximum absolute atomic E-state index is 11.6. The Bertz CT molecular complexity index is 6060. The van der Waals surface area contributed by atoms with Gasteiger partial charge in [-0.3, -0.25) is 0 Å². The number of hydrogen-bond acceptors (Lipinski definition) is 0. The van der Waals surface area contributed by atoms with Gasteiger partial charge in [-0.1, -0.05) is 0 Å². The predicted octanol–water partition coefficient (Wildman–Crippen LogP) is -4.57. The summed E-state index contributed by atoms with van der Waals surface area (Å²) in [6.07, 6.45) is 0. The Morgan fingerprint density at radius 2 is 0.308 bits per heavy atom. The first-order valence-electron chi connectivity index (χ1n) is 3.46. The Hall–Kier alpha value is 1.83. The third-order valence-corrected chi connectivity index (χ3v) is 0. The molecule has 0 heterocycles. The molecule has 0 atom stereocenters. The molecule has 0 rings (SSSR count). The van der Waals surface area contributed by atoms with E-state index in [1.54, 1.807) is 0 Å². The van der Waals surface area contributed by atoms with Crippen molar-refractivity contribution in [2.24, 2.45) is 0 Å². The molecule has 0 aliphatic carbocycles. The SMILES string of the molecule is [B]#[U](#[B])(#[B])(#[B])(#[B])(#[B])(#[B])(#[B])(#[B])(#[B])(#[B])#[B]. The molecule has 0 nitrogen and oxygen atoms in total. The van der Waals surface area contributed by atoms with Crippen LogP contribution in [0.15, 0.2) is 0 Å². The molecular formula is B12U. The Morgan fingerprint density at radius 3 is 0.308 bits per heavy atom. The van der Waals surface area contributed by atoms with E-state index in [0.717, 1.165) is 0 Å². The minimum absolute atomic E-state index is 4.97. The number of rotatable bonds is 0. The Labute approximate surface area is 45.7 Å². The van der Waals surface area contributed by atoms with Crippen molar-refractivity contribution in [3.8, 4) is 0 Å². The van der Waals surface area contributed by atoms with Gasteiger partial charge >= 0.3 is 46.6 Å². The van der Waals surface area contributed by atoms with E-state index < -0.39 is -1.27 Å². The molecule has 0 amide bonds. The van der Waals surface area contributed by atoms with Crippen LogP contribution >= 0.6 is 0 Å². The van der Waals surface area contributed by atoms with Crippen LogP contribution in [0.5, 0.6) is 0 Å². The van der Waals surface area contributed by atoms with Crippen LogP contribution in [0.3, 0.4) is 0 Å². The monoisotopic (exact) mass is 370 g/mol. The summed E-state index contributed by atoms with van der Waals surface area (Å²) in [4.78, 5) is 0. The van der Waals surface area contributed by atoms with Gasteiger partial charge in [0.1, 0.15) is 0 Å². The summed E-state index contributed by atoms with van der Waals surface area (Å²) in [5.41, 5.74) is 0. The molecule has 0 aromatic rings. The Balaban J connectivity index is 26.0. The van der Waals surface area contributed by atoms with Crippen molar-refractivity contribution in [2.45, 2.75) is 0 Å². The second kappa shape index (κ2) is 0.495. The summed E-state index contributed by atoms with van der Waals surface area (Å²) in [5.74, 6) is 0. The zero-order chi connectivity index (χ0) is 12.3. The summed E-state index contributed by atoms with van der Waals surface area (Å²) in [5, 5.41) is 0. The van der Waals surface area contributed by atoms with Gasteiger partial charge in [0.25, 0.3) is 0 Å². The zero-order valence-corrected chi connectivity index (χ0v) is 11.6. The molecule has 0 bridgehead atoms. The third kappa shape index (κ3) is 577. The molecule has 0 aromatic carbocycles. The van der Waals surface area contributed by atoms with Crippen molar-refractivity contribution < 1.29 is -1.27 Å². The molecule has 0 radical (unpaired) electrons. The van der Waals surface area contributed by atoms with E-state index in [0.29, 0.717) is 0 Å². The summed E-state index contributed by atoms with van der Waals surface area (Å²) < 4.78 is 48.1. The maximum atomic E-state index is 4.97. The fourth-order valence-electron chi connectivity index (χ4n) is 0. The van der Waals surface area contributed by atoms with Crippen molar-refractivity contribution in [1.29, 1.82) is 0 Å². The molecule has 0 aromatic heterocycles. The van der Waals surface area contributed by atoms with Crippen LogP contribution in [0.25, 0.3) is 0 Å². The molecule has 13 heavy (non-hydrogen) atoms. The van der Waals surface area contributed by atoms with Gasteiger partial charge < -0.3 is 0 Å². The van der Waals surface area contributed by atoms with Crippen molar-refractivity contribution in [2.75, 3.05) is 0 Å². The average Bonchev–Trinajstić information content (AvgIpc) is 0.391. The summed E-state index contributed by atoms with van der Waals surface area (Å²) in [6, 6.07) is 0. The molecule has 0 fully saturated rings. The van der Waals surface area contributed by atoms with Gasteiger partial charge in [0, 0.05) is 0 Å². The average molecular weight is 368 g/mol. The van der Waals surface area contributed by atoms with Gasteiger partial charge in [-0.2, -0.15) is 0 Å². The minimum atomic E-state index is -11.6. The van der Waals surface area contributed by atoms with Crippen LogP contribution in [0.2, 0.25) is 0 Å². The van der Waals surface area contributed by atoms with E-state index in [1.807, 2.05) is 0 Å². The van der Waals surface area contributed by atoms with E-state index >= 15 is 0 Å². The quantitative estimate of drug-likeness (QED) is 0.378. The van der Waals surface area contributed by atoms with E-state index in [2.05, 4.69) is 0 Å². The number of hydrogen-bond donors (Lipinski definition) is 0. The summed E-state index contributed by atoms with van der Waals surface area (Å²) in [6.45, 7) is 0. The van der Waals surface area contributed by atoms with Crippen LogP contribution in [-0.2, 0) is 0 Å². The molecule has 0 N–H and O–H groups in total. The van der Waals surface area contributed by atoms with Crippen LogP contribution in [0.4, 0.5) is 0 Å². The molecule has 0 aliphatic rings. The van der Waals surface area contributed by atoms with E-state index in [4.69, 9.17) is 47.9 Å². The molecule has 40 valence electrons. The van der Waals surface area contributed by atoms with Crippen molar-refractivity contribution in [3.05, 3.63) is 0 Å². The molecule has 0 unspecified atom stereocenters. The van der Waals surface area contributed by atoms with Gasteiger partial charge in [-0.05, 0) is 0 Å². The first kappa shape index (κ1) is 14.8. The molecule has 0 aliphatic heterocycles. The Morgan fingerprint density at radius 1 is 0.308 bits per heavy atom. The summed E-state index contributed by atoms with van der Waals surface area (Å²) in [7, 11) is 0. The van der Waals surface area contributed by atoms with Gasteiger partial charge in [0.05, 0.1) is 0 Å². The van der Waals surface area contributed by atoms with Crippen molar-refractivity contribution in [3.63, 3.8) is 0 Å².